The number of likely N-dealkylation sites (N-methyl/N-ethyl adjacent to an activating group) is 1. The van der Waals surface area contributed by atoms with Gasteiger partial charge in [-0.3, -0.25) is 9.59 Å². The molecular weight excluding hydrogens is 332 g/mol. The zero-order chi connectivity index (χ0) is 19.3. The zero-order valence-electron chi connectivity index (χ0n) is 16.1. The van der Waals surface area contributed by atoms with E-state index in [0.29, 0.717) is 5.56 Å². The van der Waals surface area contributed by atoms with E-state index >= 15 is 0 Å². The van der Waals surface area contributed by atoms with Gasteiger partial charge in [-0.15, -0.1) is 0 Å². The summed E-state index contributed by atoms with van der Waals surface area (Å²) >= 11 is 0. The van der Waals surface area contributed by atoms with E-state index < -0.39 is 11.9 Å². The van der Waals surface area contributed by atoms with E-state index in [1.807, 2.05) is 32.9 Å². The number of benzene rings is 1. The summed E-state index contributed by atoms with van der Waals surface area (Å²) in [6.07, 6.45) is 4.33. The third-order valence-corrected chi connectivity index (χ3v) is 4.23. The Balaban J connectivity index is 1.84. The Labute approximate surface area is 154 Å². The third kappa shape index (κ3) is 5.86. The van der Waals surface area contributed by atoms with Crippen LogP contribution in [0.3, 0.4) is 0 Å². The molecule has 1 aromatic carbocycles. The average molecular weight is 360 g/mol. The molecule has 6 nitrogen and oxygen atoms in total. The van der Waals surface area contributed by atoms with Gasteiger partial charge < -0.3 is 15.0 Å². The first-order valence-corrected chi connectivity index (χ1v) is 8.99. The molecule has 0 bridgehead atoms. The minimum Gasteiger partial charge on any atom is -0.452 e. The molecule has 2 rings (SSSR count). The molecule has 0 aromatic heterocycles. The van der Waals surface area contributed by atoms with E-state index in [4.69, 9.17) is 4.74 Å². The van der Waals surface area contributed by atoms with Crippen LogP contribution in [0.25, 0.3) is 0 Å². The largest absolute Gasteiger partial charge is 0.452 e. The van der Waals surface area contributed by atoms with Crippen molar-refractivity contribution in [2.75, 3.05) is 20.2 Å². The molecule has 0 spiro atoms. The van der Waals surface area contributed by atoms with Gasteiger partial charge in [0, 0.05) is 12.6 Å². The van der Waals surface area contributed by atoms with Crippen molar-refractivity contribution in [1.29, 1.82) is 0 Å². The number of amides is 2. The zero-order valence-corrected chi connectivity index (χ0v) is 16.1. The summed E-state index contributed by atoms with van der Waals surface area (Å²) < 4.78 is 5.12. The van der Waals surface area contributed by atoms with Gasteiger partial charge >= 0.3 is 5.97 Å². The lowest BCUT2D eigenvalue weighted by atomic mass is 9.90. The molecule has 1 N–H and O–H groups in total. The fourth-order valence-electron chi connectivity index (χ4n) is 2.94. The fraction of sp³-hybridized carbons (Fsp3) is 0.550. The minimum absolute atomic E-state index is 0.0769. The Morgan fingerprint density at radius 1 is 1.12 bits per heavy atom. The van der Waals surface area contributed by atoms with E-state index in [1.54, 1.807) is 6.07 Å². The van der Waals surface area contributed by atoms with Crippen LogP contribution in [-0.4, -0.2) is 48.4 Å². The van der Waals surface area contributed by atoms with Gasteiger partial charge in [0.15, 0.2) is 6.61 Å². The smallest absolute Gasteiger partial charge is 0.338 e. The van der Waals surface area contributed by atoms with Gasteiger partial charge in [0.1, 0.15) is 0 Å². The van der Waals surface area contributed by atoms with E-state index in [-0.39, 0.29) is 24.6 Å². The molecule has 1 aliphatic rings. The van der Waals surface area contributed by atoms with Gasteiger partial charge in [-0.2, -0.15) is 0 Å². The number of esters is 1. The maximum Gasteiger partial charge on any atom is 0.338 e. The van der Waals surface area contributed by atoms with E-state index in [9.17, 15) is 14.4 Å². The molecule has 1 aliphatic carbocycles. The predicted molar refractivity (Wildman–Crippen MR) is 98.9 cm³/mol. The van der Waals surface area contributed by atoms with Crippen LogP contribution in [-0.2, 0) is 27.2 Å². The summed E-state index contributed by atoms with van der Waals surface area (Å²) in [4.78, 5) is 37.4. The van der Waals surface area contributed by atoms with Crippen LogP contribution in [0.5, 0.6) is 0 Å². The first-order chi connectivity index (χ1) is 12.2. The first kappa shape index (κ1) is 19.9. The first-order valence-electron chi connectivity index (χ1n) is 8.99. The van der Waals surface area contributed by atoms with Crippen LogP contribution >= 0.6 is 0 Å². The summed E-state index contributed by atoms with van der Waals surface area (Å²) in [5.74, 6) is -1.19. The number of hydrogen-bond acceptors (Lipinski definition) is 4. The molecular formula is C20H28N2O4. The monoisotopic (exact) mass is 360 g/mol. The summed E-state index contributed by atoms with van der Waals surface area (Å²) in [6, 6.07) is 5.58. The van der Waals surface area contributed by atoms with Crippen LogP contribution in [0, 0.1) is 0 Å². The molecule has 6 heteroatoms. The highest BCUT2D eigenvalue weighted by Gasteiger charge is 2.19. The van der Waals surface area contributed by atoms with Crippen molar-refractivity contribution in [3.05, 3.63) is 34.9 Å². The normalized spacial score (nSPS) is 13.5. The Kier molecular flexibility index (Phi) is 6.40. The average Bonchev–Trinajstić information content (AvgIpc) is 2.57. The van der Waals surface area contributed by atoms with E-state index in [0.717, 1.165) is 19.3 Å². The SMILES string of the molecule is CN(CC(=O)NC(C)(C)C)C(=O)COC(=O)c1ccc2c(c1)CCCC2. The maximum atomic E-state index is 12.2. The van der Waals surface area contributed by atoms with Crippen LogP contribution in [0.15, 0.2) is 18.2 Å². The van der Waals surface area contributed by atoms with Crippen molar-refractivity contribution < 1.29 is 19.1 Å². The van der Waals surface area contributed by atoms with Gasteiger partial charge in [-0.05, 0) is 69.7 Å². The molecule has 2 amide bonds. The lowest BCUT2D eigenvalue weighted by Crippen LogP contribution is -2.46. The molecule has 142 valence electrons. The lowest BCUT2D eigenvalue weighted by molar-refractivity contribution is -0.137. The van der Waals surface area contributed by atoms with Crippen molar-refractivity contribution in [2.45, 2.75) is 52.0 Å². The molecule has 0 fully saturated rings. The second kappa shape index (κ2) is 8.34. The molecule has 0 unspecified atom stereocenters. The number of fused-ring (bicyclic) bond motifs is 1. The van der Waals surface area contributed by atoms with Crippen molar-refractivity contribution in [3.63, 3.8) is 0 Å². The van der Waals surface area contributed by atoms with Gasteiger partial charge in [0.2, 0.25) is 5.91 Å². The van der Waals surface area contributed by atoms with Crippen molar-refractivity contribution >= 4 is 17.8 Å². The molecule has 0 radical (unpaired) electrons. The second-order valence-corrected chi connectivity index (χ2v) is 7.81. The molecule has 0 heterocycles. The molecule has 0 saturated heterocycles. The number of nitrogens with zero attached hydrogens (tertiary/aromatic N) is 1. The molecule has 26 heavy (non-hydrogen) atoms. The van der Waals surface area contributed by atoms with Gasteiger partial charge in [0.05, 0.1) is 12.1 Å². The summed E-state index contributed by atoms with van der Waals surface area (Å²) in [5.41, 5.74) is 2.58. The van der Waals surface area contributed by atoms with E-state index in [1.165, 1.54) is 29.5 Å². The number of rotatable bonds is 5. The van der Waals surface area contributed by atoms with E-state index in [2.05, 4.69) is 5.32 Å². The number of aryl methyl sites for hydroxylation is 2. The topological polar surface area (TPSA) is 75.7 Å². The number of carbonyl (C=O) groups excluding carboxylic acids is 3. The predicted octanol–water partition coefficient (Wildman–Crippen LogP) is 2.10. The van der Waals surface area contributed by atoms with Crippen LogP contribution < -0.4 is 5.32 Å². The Hall–Kier alpha value is -2.37. The van der Waals surface area contributed by atoms with Gasteiger partial charge in [-0.25, -0.2) is 4.79 Å². The summed E-state index contributed by atoms with van der Waals surface area (Å²) in [6.45, 7) is 5.15. The van der Waals surface area contributed by atoms with Crippen molar-refractivity contribution in [1.82, 2.24) is 10.2 Å². The van der Waals surface area contributed by atoms with Crippen molar-refractivity contribution in [2.24, 2.45) is 0 Å². The van der Waals surface area contributed by atoms with Crippen molar-refractivity contribution in [3.8, 4) is 0 Å². The standard InChI is InChI=1S/C20H28N2O4/c1-20(2,3)21-17(23)12-22(4)18(24)13-26-19(25)16-10-9-14-7-5-6-8-15(14)11-16/h9-11H,5-8,12-13H2,1-4H3,(H,21,23). The van der Waals surface area contributed by atoms with Gasteiger partial charge in [0.25, 0.3) is 5.91 Å². The van der Waals surface area contributed by atoms with Crippen LogP contribution in [0.2, 0.25) is 0 Å². The maximum absolute atomic E-state index is 12.2. The number of ether oxygens (including phenoxy) is 1. The molecule has 0 aliphatic heterocycles. The Morgan fingerprint density at radius 3 is 2.42 bits per heavy atom. The Bertz CT molecular complexity index is 692. The highest BCUT2D eigenvalue weighted by molar-refractivity contribution is 5.92. The quantitative estimate of drug-likeness (QED) is 0.816. The number of hydrogen-bond donors (Lipinski definition) is 1. The van der Waals surface area contributed by atoms with Crippen LogP contribution in [0.4, 0.5) is 0 Å². The Morgan fingerprint density at radius 2 is 1.77 bits per heavy atom. The highest BCUT2D eigenvalue weighted by Crippen LogP contribution is 2.22. The molecule has 1 aromatic rings. The molecule has 0 atom stereocenters. The third-order valence-electron chi connectivity index (χ3n) is 4.23. The lowest BCUT2D eigenvalue weighted by Gasteiger charge is -2.23. The fourth-order valence-corrected chi connectivity index (χ4v) is 2.94. The summed E-state index contributed by atoms with van der Waals surface area (Å²) in [5, 5.41) is 2.78. The molecule has 0 saturated carbocycles. The van der Waals surface area contributed by atoms with Gasteiger partial charge in [-0.1, -0.05) is 6.07 Å². The summed E-state index contributed by atoms with van der Waals surface area (Å²) in [7, 11) is 1.51. The number of carbonyl (C=O) groups is 3. The minimum atomic E-state index is -0.515. The second-order valence-electron chi connectivity index (χ2n) is 7.81. The van der Waals surface area contributed by atoms with Crippen LogP contribution in [0.1, 0.15) is 55.1 Å². The number of nitrogens with one attached hydrogen (secondary N) is 1. The highest BCUT2D eigenvalue weighted by atomic mass is 16.5.